The summed E-state index contributed by atoms with van der Waals surface area (Å²) in [5, 5.41) is 4.08. The number of amides is 1. The van der Waals surface area contributed by atoms with E-state index in [0.717, 1.165) is 33.2 Å². The number of rotatable bonds is 12. The van der Waals surface area contributed by atoms with Crippen LogP contribution < -0.4 is 20.5 Å². The number of fused-ring (bicyclic) bond motifs is 1. The molecule has 0 aliphatic rings. The number of carbonyl (C=O) groups is 1. The minimum atomic E-state index is -0.622. The van der Waals surface area contributed by atoms with E-state index in [4.69, 9.17) is 15.2 Å². The number of nitrogens with two attached hydrogens (primary N) is 1. The Morgan fingerprint density at radius 2 is 1.41 bits per heavy atom. The fourth-order valence-electron chi connectivity index (χ4n) is 4.50. The molecule has 1 amide bonds. The highest BCUT2D eigenvalue weighted by molar-refractivity contribution is 5.86. The third kappa shape index (κ3) is 7.06. The van der Waals surface area contributed by atoms with Gasteiger partial charge in [0.15, 0.2) is 11.5 Å². The van der Waals surface area contributed by atoms with Crippen LogP contribution >= 0.6 is 0 Å². The molecule has 1 atom stereocenters. The quantitative estimate of drug-likeness (QED) is 0.202. The molecule has 0 radical (unpaired) electrons. The summed E-state index contributed by atoms with van der Waals surface area (Å²) in [7, 11) is 0. The second-order valence-electron chi connectivity index (χ2n) is 9.54. The summed E-state index contributed by atoms with van der Waals surface area (Å²) in [6.45, 7) is 1.36. The second-order valence-corrected chi connectivity index (χ2v) is 9.54. The summed E-state index contributed by atoms with van der Waals surface area (Å²) >= 11 is 0. The van der Waals surface area contributed by atoms with E-state index < -0.39 is 6.04 Å². The van der Waals surface area contributed by atoms with E-state index in [1.54, 1.807) is 0 Å². The van der Waals surface area contributed by atoms with Gasteiger partial charge in [0.25, 0.3) is 0 Å². The summed E-state index contributed by atoms with van der Waals surface area (Å²) in [6, 6.07) is 33.4. The van der Waals surface area contributed by atoms with Gasteiger partial charge in [-0.05, 0) is 53.3 Å². The predicted molar refractivity (Wildman–Crippen MR) is 155 cm³/mol. The summed E-state index contributed by atoms with van der Waals surface area (Å²) in [6.07, 6.45) is 3.04. The minimum absolute atomic E-state index is 0.163. The van der Waals surface area contributed by atoms with Crippen molar-refractivity contribution in [1.82, 2.24) is 10.3 Å². The number of hydrogen-bond donors (Lipinski definition) is 3. The zero-order valence-corrected chi connectivity index (χ0v) is 21.8. The van der Waals surface area contributed by atoms with E-state index in [9.17, 15) is 4.79 Å². The number of benzene rings is 4. The van der Waals surface area contributed by atoms with Crippen LogP contribution in [0.15, 0.2) is 109 Å². The number of para-hydroxylation sites is 1. The van der Waals surface area contributed by atoms with Gasteiger partial charge in [0.2, 0.25) is 5.91 Å². The van der Waals surface area contributed by atoms with E-state index in [1.807, 2.05) is 109 Å². The van der Waals surface area contributed by atoms with Crippen molar-refractivity contribution in [3.63, 3.8) is 0 Å². The van der Waals surface area contributed by atoms with Crippen LogP contribution in [0.2, 0.25) is 0 Å². The SMILES string of the molecule is N[C@@H](Cc1c[nH]c2ccccc12)C(=O)NCCc1ccc(OCc2ccccc2)c(OCc2ccccc2)c1. The molecule has 6 nitrogen and oxygen atoms in total. The molecule has 198 valence electrons. The highest BCUT2D eigenvalue weighted by Gasteiger charge is 2.16. The maximum atomic E-state index is 12.7. The van der Waals surface area contributed by atoms with Gasteiger partial charge in [-0.1, -0.05) is 84.9 Å². The molecule has 1 aromatic heterocycles. The first kappa shape index (κ1) is 26.1. The number of H-pyrrole nitrogens is 1. The fourth-order valence-corrected chi connectivity index (χ4v) is 4.50. The second kappa shape index (κ2) is 12.8. The maximum Gasteiger partial charge on any atom is 0.237 e. The first-order valence-corrected chi connectivity index (χ1v) is 13.2. The van der Waals surface area contributed by atoms with Gasteiger partial charge in [0.05, 0.1) is 6.04 Å². The largest absolute Gasteiger partial charge is 0.485 e. The van der Waals surface area contributed by atoms with E-state index in [1.165, 1.54) is 0 Å². The molecule has 0 unspecified atom stereocenters. The number of aromatic amines is 1. The van der Waals surface area contributed by atoms with Gasteiger partial charge in [0.1, 0.15) is 13.2 Å². The van der Waals surface area contributed by atoms with Crippen molar-refractivity contribution in [2.45, 2.75) is 32.1 Å². The lowest BCUT2D eigenvalue weighted by molar-refractivity contribution is -0.122. The van der Waals surface area contributed by atoms with Crippen molar-refractivity contribution < 1.29 is 14.3 Å². The highest BCUT2D eigenvalue weighted by atomic mass is 16.5. The molecule has 0 spiro atoms. The summed E-state index contributed by atoms with van der Waals surface area (Å²) in [5.74, 6) is 1.20. The van der Waals surface area contributed by atoms with Crippen LogP contribution in [0.3, 0.4) is 0 Å². The molecule has 5 aromatic rings. The van der Waals surface area contributed by atoms with E-state index in [0.29, 0.717) is 44.1 Å². The fraction of sp³-hybridized carbons (Fsp3) is 0.182. The van der Waals surface area contributed by atoms with Crippen LogP contribution in [0.25, 0.3) is 10.9 Å². The van der Waals surface area contributed by atoms with Crippen molar-refractivity contribution in [3.8, 4) is 11.5 Å². The Balaban J connectivity index is 1.19. The molecule has 0 aliphatic heterocycles. The Kier molecular flexibility index (Phi) is 8.56. The first-order chi connectivity index (χ1) is 19.2. The Hall–Kier alpha value is -4.55. The highest BCUT2D eigenvalue weighted by Crippen LogP contribution is 2.30. The van der Waals surface area contributed by atoms with Gasteiger partial charge < -0.3 is 25.5 Å². The molecule has 4 N–H and O–H groups in total. The van der Waals surface area contributed by atoms with Gasteiger partial charge >= 0.3 is 0 Å². The van der Waals surface area contributed by atoms with Gasteiger partial charge in [-0.25, -0.2) is 0 Å². The Bertz CT molecular complexity index is 1500. The third-order valence-corrected chi connectivity index (χ3v) is 6.65. The molecular weight excluding hydrogens is 486 g/mol. The number of aromatic nitrogens is 1. The van der Waals surface area contributed by atoms with Crippen molar-refractivity contribution in [3.05, 3.63) is 132 Å². The molecule has 0 bridgehead atoms. The lowest BCUT2D eigenvalue weighted by Crippen LogP contribution is -2.42. The predicted octanol–water partition coefficient (Wildman–Crippen LogP) is 5.55. The molecule has 0 aliphatic carbocycles. The van der Waals surface area contributed by atoms with E-state index in [-0.39, 0.29) is 5.91 Å². The third-order valence-electron chi connectivity index (χ3n) is 6.65. The smallest absolute Gasteiger partial charge is 0.237 e. The standard InChI is InChI=1S/C33H33N3O3/c34-29(20-27-21-36-30-14-8-7-13-28(27)30)33(37)35-18-17-24-15-16-31(38-22-25-9-3-1-4-10-25)32(19-24)39-23-26-11-5-2-6-12-26/h1-16,19,21,29,36H,17-18,20,22-23,34H2,(H,35,37)/t29-/m0/s1. The maximum absolute atomic E-state index is 12.7. The molecule has 0 saturated carbocycles. The molecule has 5 rings (SSSR count). The summed E-state index contributed by atoms with van der Waals surface area (Å²) in [5.41, 5.74) is 11.5. The zero-order valence-electron chi connectivity index (χ0n) is 21.8. The lowest BCUT2D eigenvalue weighted by Gasteiger charge is -2.15. The minimum Gasteiger partial charge on any atom is -0.485 e. The van der Waals surface area contributed by atoms with Crippen LogP contribution in [-0.2, 0) is 30.8 Å². The number of nitrogens with one attached hydrogen (secondary N) is 2. The zero-order chi connectivity index (χ0) is 26.9. The van der Waals surface area contributed by atoms with Gasteiger partial charge in [0, 0.05) is 23.6 Å². The number of carbonyl (C=O) groups excluding carboxylic acids is 1. The molecule has 0 saturated heterocycles. The molecular formula is C33H33N3O3. The monoisotopic (exact) mass is 519 g/mol. The van der Waals surface area contributed by atoms with E-state index >= 15 is 0 Å². The lowest BCUT2D eigenvalue weighted by atomic mass is 10.0. The normalized spacial score (nSPS) is 11.7. The summed E-state index contributed by atoms with van der Waals surface area (Å²) < 4.78 is 12.3. The Morgan fingerprint density at radius 1 is 0.769 bits per heavy atom. The van der Waals surface area contributed by atoms with Crippen LogP contribution in [0.5, 0.6) is 11.5 Å². The Morgan fingerprint density at radius 3 is 2.13 bits per heavy atom. The topological polar surface area (TPSA) is 89.4 Å². The number of hydrogen-bond acceptors (Lipinski definition) is 4. The van der Waals surface area contributed by atoms with Crippen LogP contribution in [-0.4, -0.2) is 23.5 Å². The van der Waals surface area contributed by atoms with Gasteiger partial charge in [-0.15, -0.1) is 0 Å². The van der Waals surface area contributed by atoms with Crippen LogP contribution in [0, 0.1) is 0 Å². The van der Waals surface area contributed by atoms with Gasteiger partial charge in [-0.2, -0.15) is 0 Å². The van der Waals surface area contributed by atoms with E-state index in [2.05, 4.69) is 10.3 Å². The molecule has 1 heterocycles. The van der Waals surface area contributed by atoms with Crippen molar-refractivity contribution in [2.24, 2.45) is 5.73 Å². The Labute approximate surface area is 228 Å². The van der Waals surface area contributed by atoms with Crippen LogP contribution in [0.1, 0.15) is 22.3 Å². The molecule has 0 fully saturated rings. The van der Waals surface area contributed by atoms with Crippen molar-refractivity contribution >= 4 is 16.8 Å². The van der Waals surface area contributed by atoms with Gasteiger partial charge in [-0.3, -0.25) is 4.79 Å². The average Bonchev–Trinajstić information content (AvgIpc) is 3.39. The molecule has 4 aromatic carbocycles. The van der Waals surface area contributed by atoms with Crippen molar-refractivity contribution in [1.29, 1.82) is 0 Å². The van der Waals surface area contributed by atoms with Crippen LogP contribution in [0.4, 0.5) is 0 Å². The molecule has 39 heavy (non-hydrogen) atoms. The average molecular weight is 520 g/mol. The number of ether oxygens (including phenoxy) is 2. The van der Waals surface area contributed by atoms with Crippen molar-refractivity contribution in [2.75, 3.05) is 6.54 Å². The summed E-state index contributed by atoms with van der Waals surface area (Å²) in [4.78, 5) is 15.9. The first-order valence-electron chi connectivity index (χ1n) is 13.2. The molecule has 6 heteroatoms.